The van der Waals surface area contributed by atoms with E-state index in [1.807, 2.05) is 65.8 Å². The van der Waals surface area contributed by atoms with Crippen LogP contribution in [0, 0.1) is 41.5 Å². The maximum Gasteiger partial charge on any atom is 0.193 e. The van der Waals surface area contributed by atoms with Crippen molar-refractivity contribution < 1.29 is 9.59 Å². The third-order valence-corrected chi connectivity index (χ3v) is 5.99. The van der Waals surface area contributed by atoms with E-state index in [4.69, 9.17) is 0 Å². The van der Waals surface area contributed by atoms with Crippen LogP contribution >= 0.6 is 0 Å². The molecule has 0 radical (unpaired) electrons. The summed E-state index contributed by atoms with van der Waals surface area (Å²) in [4.78, 5) is 26.2. The first-order valence-electron chi connectivity index (χ1n) is 9.55. The number of benzene rings is 3. The average molecular weight is 370 g/mol. The summed E-state index contributed by atoms with van der Waals surface area (Å²) in [6, 6.07) is 14.8. The van der Waals surface area contributed by atoms with Gasteiger partial charge in [-0.05, 0) is 81.0 Å². The highest BCUT2D eigenvalue weighted by atomic mass is 16.1. The number of ketones is 2. The summed E-state index contributed by atoms with van der Waals surface area (Å²) >= 11 is 0. The van der Waals surface area contributed by atoms with Crippen LogP contribution in [0.1, 0.15) is 65.2 Å². The Kier molecular flexibility index (Phi) is 5.33. The van der Waals surface area contributed by atoms with Crippen LogP contribution in [-0.4, -0.2) is 11.6 Å². The summed E-state index contributed by atoms with van der Waals surface area (Å²) in [5, 5.41) is 0. The Hall–Kier alpha value is -3.00. The molecule has 3 rings (SSSR count). The van der Waals surface area contributed by atoms with E-state index in [2.05, 4.69) is 0 Å². The number of hydrogen-bond donors (Lipinski definition) is 0. The summed E-state index contributed by atoms with van der Waals surface area (Å²) in [5.74, 6) is -0.0980. The van der Waals surface area contributed by atoms with Crippen molar-refractivity contribution in [1.82, 2.24) is 0 Å². The molecule has 0 amide bonds. The van der Waals surface area contributed by atoms with E-state index < -0.39 is 0 Å². The van der Waals surface area contributed by atoms with Gasteiger partial charge >= 0.3 is 0 Å². The summed E-state index contributed by atoms with van der Waals surface area (Å²) < 4.78 is 0. The Morgan fingerprint density at radius 1 is 0.536 bits per heavy atom. The Morgan fingerprint density at radius 3 is 1.32 bits per heavy atom. The van der Waals surface area contributed by atoms with E-state index in [0.717, 1.165) is 22.3 Å². The molecule has 142 valence electrons. The van der Waals surface area contributed by atoms with Gasteiger partial charge in [-0.2, -0.15) is 0 Å². The first kappa shape index (κ1) is 19.8. The quantitative estimate of drug-likeness (QED) is 0.528. The minimum atomic E-state index is -0.0490. The largest absolute Gasteiger partial charge is 0.289 e. The van der Waals surface area contributed by atoms with Crippen LogP contribution in [0.25, 0.3) is 0 Å². The Morgan fingerprint density at radius 2 is 0.929 bits per heavy atom. The van der Waals surface area contributed by atoms with Crippen molar-refractivity contribution in [2.75, 3.05) is 0 Å². The fraction of sp³-hybridized carbons (Fsp3) is 0.231. The van der Waals surface area contributed by atoms with Crippen molar-refractivity contribution in [3.63, 3.8) is 0 Å². The van der Waals surface area contributed by atoms with E-state index in [0.29, 0.717) is 22.3 Å². The van der Waals surface area contributed by atoms with Crippen molar-refractivity contribution in [1.29, 1.82) is 0 Å². The molecule has 0 saturated carbocycles. The van der Waals surface area contributed by atoms with Gasteiger partial charge in [0, 0.05) is 22.3 Å². The number of carbonyl (C=O) groups is 2. The zero-order valence-electron chi connectivity index (χ0n) is 17.4. The Labute approximate surface area is 167 Å². The topological polar surface area (TPSA) is 34.1 Å². The molecule has 2 nitrogen and oxygen atoms in total. The molecule has 0 fully saturated rings. The first-order valence-corrected chi connectivity index (χ1v) is 9.55. The normalized spacial score (nSPS) is 10.8. The average Bonchev–Trinajstić information content (AvgIpc) is 2.70. The van der Waals surface area contributed by atoms with Gasteiger partial charge in [-0.1, -0.05) is 42.5 Å². The number of aryl methyl sites for hydroxylation is 2. The molecule has 0 spiro atoms. The zero-order chi connectivity index (χ0) is 20.6. The minimum Gasteiger partial charge on any atom is -0.289 e. The standard InChI is InChI=1S/C26H26O2/c1-15-10-12-23(19(5)17(15)3)25(27)21-8-7-9-22(14-21)26(28)24-13-11-16(2)18(4)20(24)6/h7-14H,1-6H3. The third kappa shape index (κ3) is 3.43. The van der Waals surface area contributed by atoms with Crippen molar-refractivity contribution >= 4 is 11.6 Å². The summed E-state index contributed by atoms with van der Waals surface area (Å²) in [7, 11) is 0. The molecule has 3 aromatic carbocycles. The van der Waals surface area contributed by atoms with Gasteiger partial charge in [0.2, 0.25) is 0 Å². The smallest absolute Gasteiger partial charge is 0.193 e. The van der Waals surface area contributed by atoms with Crippen molar-refractivity contribution in [3.8, 4) is 0 Å². The molecule has 0 bridgehead atoms. The predicted molar refractivity (Wildman–Crippen MR) is 115 cm³/mol. The van der Waals surface area contributed by atoms with Crippen LogP contribution in [0.2, 0.25) is 0 Å². The molecule has 0 aliphatic heterocycles. The van der Waals surface area contributed by atoms with Crippen LogP contribution in [0.4, 0.5) is 0 Å². The Balaban J connectivity index is 2.01. The van der Waals surface area contributed by atoms with Crippen LogP contribution < -0.4 is 0 Å². The number of hydrogen-bond acceptors (Lipinski definition) is 2. The zero-order valence-corrected chi connectivity index (χ0v) is 17.4. The van der Waals surface area contributed by atoms with Gasteiger partial charge < -0.3 is 0 Å². The van der Waals surface area contributed by atoms with Crippen LogP contribution in [0.15, 0.2) is 48.5 Å². The van der Waals surface area contributed by atoms with E-state index >= 15 is 0 Å². The van der Waals surface area contributed by atoms with Gasteiger partial charge in [0.05, 0.1) is 0 Å². The second-order valence-corrected chi connectivity index (χ2v) is 7.60. The van der Waals surface area contributed by atoms with Gasteiger partial charge in [-0.3, -0.25) is 9.59 Å². The molecule has 3 aromatic rings. The van der Waals surface area contributed by atoms with Crippen molar-refractivity contribution in [3.05, 3.63) is 104 Å². The van der Waals surface area contributed by atoms with Crippen LogP contribution in [0.3, 0.4) is 0 Å². The highest BCUT2D eigenvalue weighted by Gasteiger charge is 2.18. The molecule has 0 N–H and O–H groups in total. The fourth-order valence-electron chi connectivity index (χ4n) is 3.52. The van der Waals surface area contributed by atoms with Crippen molar-refractivity contribution in [2.24, 2.45) is 0 Å². The molecular formula is C26H26O2. The molecule has 2 heteroatoms. The SMILES string of the molecule is Cc1ccc(C(=O)c2cccc(C(=O)c3ccc(C)c(C)c3C)c2)c(C)c1C. The molecule has 28 heavy (non-hydrogen) atoms. The van der Waals surface area contributed by atoms with Gasteiger partial charge in [0.1, 0.15) is 0 Å². The predicted octanol–water partition coefficient (Wildman–Crippen LogP) is 6.00. The van der Waals surface area contributed by atoms with Gasteiger partial charge in [0.15, 0.2) is 11.6 Å². The molecule has 0 aliphatic rings. The Bertz CT molecular complexity index is 1020. The summed E-state index contributed by atoms with van der Waals surface area (Å²) in [5.41, 5.74) is 9.04. The molecule has 0 aliphatic carbocycles. The van der Waals surface area contributed by atoms with Gasteiger partial charge in [0.25, 0.3) is 0 Å². The second-order valence-electron chi connectivity index (χ2n) is 7.60. The number of rotatable bonds is 4. The first-order chi connectivity index (χ1) is 13.2. The lowest BCUT2D eigenvalue weighted by Crippen LogP contribution is -2.09. The molecular weight excluding hydrogens is 344 g/mol. The van der Waals surface area contributed by atoms with Gasteiger partial charge in [-0.15, -0.1) is 0 Å². The molecule has 0 heterocycles. The van der Waals surface area contributed by atoms with Crippen LogP contribution in [0.5, 0.6) is 0 Å². The van der Waals surface area contributed by atoms with Crippen molar-refractivity contribution in [2.45, 2.75) is 41.5 Å². The maximum absolute atomic E-state index is 13.1. The second kappa shape index (κ2) is 7.55. The highest BCUT2D eigenvalue weighted by molar-refractivity contribution is 6.14. The lowest BCUT2D eigenvalue weighted by molar-refractivity contribution is 0.103. The lowest BCUT2D eigenvalue weighted by atomic mass is 9.90. The fourth-order valence-corrected chi connectivity index (χ4v) is 3.52. The monoisotopic (exact) mass is 370 g/mol. The van der Waals surface area contributed by atoms with E-state index in [1.54, 1.807) is 24.3 Å². The van der Waals surface area contributed by atoms with E-state index in [1.165, 1.54) is 11.1 Å². The molecule has 0 saturated heterocycles. The van der Waals surface area contributed by atoms with Crippen LogP contribution in [-0.2, 0) is 0 Å². The molecule has 0 aromatic heterocycles. The number of carbonyl (C=O) groups excluding carboxylic acids is 2. The maximum atomic E-state index is 13.1. The summed E-state index contributed by atoms with van der Waals surface area (Å²) in [6.45, 7) is 12.1. The summed E-state index contributed by atoms with van der Waals surface area (Å²) in [6.07, 6.45) is 0. The molecule has 0 unspecified atom stereocenters. The third-order valence-electron chi connectivity index (χ3n) is 5.99. The molecule has 0 atom stereocenters. The van der Waals surface area contributed by atoms with E-state index in [9.17, 15) is 9.59 Å². The minimum absolute atomic E-state index is 0.0490. The van der Waals surface area contributed by atoms with E-state index in [-0.39, 0.29) is 11.6 Å². The highest BCUT2D eigenvalue weighted by Crippen LogP contribution is 2.23. The van der Waals surface area contributed by atoms with Gasteiger partial charge in [-0.25, -0.2) is 0 Å². The lowest BCUT2D eigenvalue weighted by Gasteiger charge is -2.12.